The predicted octanol–water partition coefficient (Wildman–Crippen LogP) is 4.03. The molecule has 2 aromatic rings. The van der Waals surface area contributed by atoms with Gasteiger partial charge in [-0.1, -0.05) is 18.2 Å². The Morgan fingerprint density at radius 1 is 1.35 bits per heavy atom. The van der Waals surface area contributed by atoms with Crippen molar-refractivity contribution >= 4 is 11.3 Å². The van der Waals surface area contributed by atoms with Crippen molar-refractivity contribution in [3.8, 4) is 0 Å². The van der Waals surface area contributed by atoms with Gasteiger partial charge in [0.2, 0.25) is 0 Å². The summed E-state index contributed by atoms with van der Waals surface area (Å²) in [4.78, 5) is 4.44. The number of halogens is 3. The van der Waals surface area contributed by atoms with Gasteiger partial charge in [-0.2, -0.15) is 13.2 Å². The number of benzene rings is 1. The Balaban J connectivity index is 2.16. The molecular formula is C14H15F3N2S. The molecule has 1 heterocycles. The number of nitrogens with one attached hydrogen (secondary N) is 1. The third-order valence-corrected chi connectivity index (χ3v) is 3.92. The second-order valence-corrected chi connectivity index (χ2v) is 5.49. The highest BCUT2D eigenvalue weighted by Gasteiger charge is 2.30. The first kappa shape index (κ1) is 15.0. The van der Waals surface area contributed by atoms with E-state index in [4.69, 9.17) is 0 Å². The van der Waals surface area contributed by atoms with Gasteiger partial charge in [-0.25, -0.2) is 4.98 Å². The van der Waals surface area contributed by atoms with Gasteiger partial charge in [0.05, 0.1) is 16.3 Å². The van der Waals surface area contributed by atoms with Crippen molar-refractivity contribution in [3.05, 3.63) is 51.5 Å². The maximum absolute atomic E-state index is 12.6. The molecule has 0 aliphatic carbocycles. The molecule has 108 valence electrons. The molecule has 0 aliphatic rings. The van der Waals surface area contributed by atoms with Crippen molar-refractivity contribution in [2.45, 2.75) is 25.6 Å². The van der Waals surface area contributed by atoms with Crippen molar-refractivity contribution < 1.29 is 13.2 Å². The van der Waals surface area contributed by atoms with Crippen LogP contribution in [0.5, 0.6) is 0 Å². The lowest BCUT2D eigenvalue weighted by Gasteiger charge is -2.08. The van der Waals surface area contributed by atoms with E-state index < -0.39 is 11.7 Å². The lowest BCUT2D eigenvalue weighted by Crippen LogP contribution is -2.12. The zero-order chi connectivity index (χ0) is 14.8. The zero-order valence-electron chi connectivity index (χ0n) is 11.2. The third kappa shape index (κ3) is 3.58. The van der Waals surface area contributed by atoms with Crippen LogP contribution in [0.25, 0.3) is 0 Å². The van der Waals surface area contributed by atoms with Gasteiger partial charge in [0.25, 0.3) is 0 Å². The molecule has 1 atom stereocenters. The van der Waals surface area contributed by atoms with E-state index in [0.717, 1.165) is 16.8 Å². The van der Waals surface area contributed by atoms with E-state index in [1.807, 2.05) is 19.4 Å². The smallest absolute Gasteiger partial charge is 0.312 e. The number of thiazole rings is 1. The number of hydrogen-bond acceptors (Lipinski definition) is 3. The van der Waals surface area contributed by atoms with E-state index in [1.54, 1.807) is 6.07 Å². The molecule has 0 spiro atoms. The Labute approximate surface area is 119 Å². The molecule has 1 aromatic carbocycles. The topological polar surface area (TPSA) is 24.9 Å². The molecular weight excluding hydrogens is 285 g/mol. The summed E-state index contributed by atoms with van der Waals surface area (Å²) in [5.74, 6) is 0. The van der Waals surface area contributed by atoms with Crippen LogP contribution in [-0.2, 0) is 12.6 Å². The molecule has 1 N–H and O–H groups in total. The molecule has 2 nitrogen and oxygen atoms in total. The van der Waals surface area contributed by atoms with Crippen molar-refractivity contribution in [3.63, 3.8) is 0 Å². The third-order valence-electron chi connectivity index (χ3n) is 3.06. The van der Waals surface area contributed by atoms with Crippen LogP contribution in [0.15, 0.2) is 29.6 Å². The average molecular weight is 300 g/mol. The van der Waals surface area contributed by atoms with E-state index in [2.05, 4.69) is 10.3 Å². The summed E-state index contributed by atoms with van der Waals surface area (Å²) in [7, 11) is 1.84. The summed E-state index contributed by atoms with van der Waals surface area (Å²) in [6.07, 6.45) is -3.88. The first-order chi connectivity index (χ1) is 9.40. The first-order valence-corrected chi connectivity index (χ1v) is 7.06. The van der Waals surface area contributed by atoms with Gasteiger partial charge in [0, 0.05) is 17.8 Å². The van der Waals surface area contributed by atoms with Crippen molar-refractivity contribution in [2.24, 2.45) is 0 Å². The summed E-state index contributed by atoms with van der Waals surface area (Å²) in [6.45, 7) is 1.99. The van der Waals surface area contributed by atoms with Gasteiger partial charge in [-0.3, -0.25) is 0 Å². The molecule has 0 radical (unpaired) electrons. The summed E-state index contributed by atoms with van der Waals surface area (Å²) >= 11 is 1.47. The molecule has 2 rings (SSSR count). The molecule has 0 aliphatic heterocycles. The molecule has 0 fully saturated rings. The molecule has 0 amide bonds. The van der Waals surface area contributed by atoms with E-state index in [1.165, 1.54) is 23.5 Å². The average Bonchev–Trinajstić information content (AvgIpc) is 2.85. The van der Waals surface area contributed by atoms with Gasteiger partial charge in [-0.15, -0.1) is 11.3 Å². The number of hydrogen-bond donors (Lipinski definition) is 1. The monoisotopic (exact) mass is 300 g/mol. The standard InChI is InChI=1S/C14H15F3N2S/c1-9(18-2)12-8-20-13(19-12)7-10-4-3-5-11(6-10)14(15,16)17/h3-6,8-9,18H,7H2,1-2H3. The van der Waals surface area contributed by atoms with Crippen LogP contribution in [0, 0.1) is 0 Å². The van der Waals surface area contributed by atoms with Gasteiger partial charge in [0.1, 0.15) is 0 Å². The quantitative estimate of drug-likeness (QED) is 0.922. The summed E-state index contributed by atoms with van der Waals surface area (Å²) in [6, 6.07) is 5.53. The SMILES string of the molecule is CNC(C)c1csc(Cc2cccc(C(F)(F)F)c2)n1. The number of rotatable bonds is 4. The minimum atomic E-state index is -4.30. The van der Waals surface area contributed by atoms with E-state index in [-0.39, 0.29) is 6.04 Å². The largest absolute Gasteiger partial charge is 0.416 e. The highest BCUT2D eigenvalue weighted by Crippen LogP contribution is 2.30. The highest BCUT2D eigenvalue weighted by atomic mass is 32.1. The van der Waals surface area contributed by atoms with Gasteiger partial charge in [0.15, 0.2) is 0 Å². The van der Waals surface area contributed by atoms with Crippen LogP contribution >= 0.6 is 11.3 Å². The van der Waals surface area contributed by atoms with Crippen LogP contribution in [0.1, 0.15) is 34.8 Å². The second-order valence-electron chi connectivity index (χ2n) is 4.55. The van der Waals surface area contributed by atoms with Crippen molar-refractivity contribution in [1.82, 2.24) is 10.3 Å². The van der Waals surface area contributed by atoms with Crippen LogP contribution < -0.4 is 5.32 Å². The Kier molecular flexibility index (Phi) is 4.45. The Hall–Kier alpha value is -1.40. The van der Waals surface area contributed by atoms with Crippen molar-refractivity contribution in [1.29, 1.82) is 0 Å². The lowest BCUT2D eigenvalue weighted by molar-refractivity contribution is -0.137. The van der Waals surface area contributed by atoms with Crippen LogP contribution in [0.2, 0.25) is 0 Å². The maximum Gasteiger partial charge on any atom is 0.416 e. The maximum atomic E-state index is 12.6. The van der Waals surface area contributed by atoms with Gasteiger partial charge < -0.3 is 5.32 Å². The molecule has 1 unspecified atom stereocenters. The van der Waals surface area contributed by atoms with Gasteiger partial charge >= 0.3 is 6.18 Å². The summed E-state index contributed by atoms with van der Waals surface area (Å²) < 4.78 is 37.9. The molecule has 1 aromatic heterocycles. The van der Waals surface area contributed by atoms with E-state index in [9.17, 15) is 13.2 Å². The fraction of sp³-hybridized carbons (Fsp3) is 0.357. The Morgan fingerprint density at radius 3 is 2.75 bits per heavy atom. The van der Waals surface area contributed by atoms with Crippen LogP contribution in [0.3, 0.4) is 0 Å². The highest BCUT2D eigenvalue weighted by molar-refractivity contribution is 7.09. The second kappa shape index (κ2) is 5.93. The summed E-state index contributed by atoms with van der Waals surface area (Å²) in [5.41, 5.74) is 0.924. The molecule has 20 heavy (non-hydrogen) atoms. The normalized spacial score (nSPS) is 13.4. The van der Waals surface area contributed by atoms with Crippen LogP contribution in [0.4, 0.5) is 13.2 Å². The van der Waals surface area contributed by atoms with Gasteiger partial charge in [-0.05, 0) is 25.6 Å². The number of aromatic nitrogens is 1. The Bertz CT molecular complexity index is 578. The fourth-order valence-electron chi connectivity index (χ4n) is 1.79. The lowest BCUT2D eigenvalue weighted by atomic mass is 10.1. The minimum absolute atomic E-state index is 0.140. The molecule has 0 bridgehead atoms. The van der Waals surface area contributed by atoms with Crippen LogP contribution in [-0.4, -0.2) is 12.0 Å². The minimum Gasteiger partial charge on any atom is -0.312 e. The van der Waals surface area contributed by atoms with E-state index >= 15 is 0 Å². The molecule has 6 heteroatoms. The number of alkyl halides is 3. The Morgan fingerprint density at radius 2 is 2.10 bits per heavy atom. The number of nitrogens with zero attached hydrogens (tertiary/aromatic N) is 1. The van der Waals surface area contributed by atoms with Crippen molar-refractivity contribution in [2.75, 3.05) is 7.05 Å². The zero-order valence-corrected chi connectivity index (χ0v) is 12.0. The summed E-state index contributed by atoms with van der Waals surface area (Å²) in [5, 5.41) is 5.84. The molecule has 0 saturated heterocycles. The van der Waals surface area contributed by atoms with E-state index in [0.29, 0.717) is 12.0 Å². The first-order valence-electron chi connectivity index (χ1n) is 6.18. The molecule has 0 saturated carbocycles. The predicted molar refractivity (Wildman–Crippen MR) is 73.8 cm³/mol. The fourth-order valence-corrected chi connectivity index (χ4v) is 2.71.